The van der Waals surface area contributed by atoms with E-state index in [2.05, 4.69) is 15.9 Å². The maximum absolute atomic E-state index is 9.34. The van der Waals surface area contributed by atoms with Gasteiger partial charge in [0.05, 0.1) is 12.1 Å². The van der Waals surface area contributed by atoms with Crippen LogP contribution >= 0.6 is 15.9 Å². The molecule has 0 aromatic heterocycles. The third kappa shape index (κ3) is 2.53. The quantitative estimate of drug-likeness (QED) is 0.837. The van der Waals surface area contributed by atoms with E-state index in [4.69, 9.17) is 5.73 Å². The van der Waals surface area contributed by atoms with E-state index in [1.807, 2.05) is 25.1 Å². The van der Waals surface area contributed by atoms with Gasteiger partial charge in [-0.3, -0.25) is 0 Å². The van der Waals surface area contributed by atoms with Crippen molar-refractivity contribution in [2.75, 3.05) is 0 Å². The Hall–Kier alpha value is -0.380. The number of halogens is 1. The lowest BCUT2D eigenvalue weighted by Gasteiger charge is -2.17. The van der Waals surface area contributed by atoms with Gasteiger partial charge in [-0.25, -0.2) is 0 Å². The molecule has 72 valence electrons. The fourth-order valence-corrected chi connectivity index (χ4v) is 1.69. The van der Waals surface area contributed by atoms with Crippen LogP contribution in [0.4, 0.5) is 0 Å². The third-order valence-corrected chi connectivity index (χ3v) is 2.75. The van der Waals surface area contributed by atoms with Crippen LogP contribution in [0.2, 0.25) is 0 Å². The first-order chi connectivity index (χ1) is 6.02. The van der Waals surface area contributed by atoms with Gasteiger partial charge < -0.3 is 10.8 Å². The van der Waals surface area contributed by atoms with Gasteiger partial charge in [0.1, 0.15) is 0 Å². The Morgan fingerprint density at radius 1 is 1.46 bits per heavy atom. The van der Waals surface area contributed by atoms with E-state index in [9.17, 15) is 5.11 Å². The number of rotatable bonds is 2. The molecule has 0 saturated heterocycles. The van der Waals surface area contributed by atoms with Crippen molar-refractivity contribution in [2.24, 2.45) is 5.73 Å². The molecule has 0 radical (unpaired) electrons. The topological polar surface area (TPSA) is 46.2 Å². The molecule has 2 atom stereocenters. The van der Waals surface area contributed by atoms with Crippen molar-refractivity contribution in [1.29, 1.82) is 0 Å². The summed E-state index contributed by atoms with van der Waals surface area (Å²) >= 11 is 3.41. The molecule has 3 N–H and O–H groups in total. The molecule has 0 spiro atoms. The van der Waals surface area contributed by atoms with Gasteiger partial charge in [-0.15, -0.1) is 0 Å². The normalized spacial score (nSPS) is 15.5. The van der Waals surface area contributed by atoms with Crippen LogP contribution < -0.4 is 5.73 Å². The van der Waals surface area contributed by atoms with E-state index in [0.717, 1.165) is 15.6 Å². The molecule has 0 aliphatic carbocycles. The molecule has 1 unspecified atom stereocenters. The first-order valence-electron chi connectivity index (χ1n) is 4.22. The van der Waals surface area contributed by atoms with Crippen LogP contribution in [0.5, 0.6) is 0 Å². The summed E-state index contributed by atoms with van der Waals surface area (Å²) in [6.45, 7) is 3.70. The van der Waals surface area contributed by atoms with E-state index in [1.54, 1.807) is 6.92 Å². The van der Waals surface area contributed by atoms with Gasteiger partial charge in [-0.2, -0.15) is 0 Å². The first-order valence-corrected chi connectivity index (χ1v) is 5.01. The van der Waals surface area contributed by atoms with E-state index >= 15 is 0 Å². The molecule has 1 aromatic carbocycles. The van der Waals surface area contributed by atoms with Crippen LogP contribution in [0.3, 0.4) is 0 Å². The highest BCUT2D eigenvalue weighted by Gasteiger charge is 2.14. The Balaban J connectivity index is 3.05. The summed E-state index contributed by atoms with van der Waals surface area (Å²) in [5, 5.41) is 9.34. The van der Waals surface area contributed by atoms with E-state index in [-0.39, 0.29) is 6.04 Å². The van der Waals surface area contributed by atoms with Gasteiger partial charge in [-0.1, -0.05) is 33.6 Å². The van der Waals surface area contributed by atoms with Crippen LogP contribution in [0.25, 0.3) is 0 Å². The number of aliphatic hydroxyl groups excluding tert-OH is 1. The van der Waals surface area contributed by atoms with Crippen LogP contribution in [0.1, 0.15) is 24.1 Å². The Morgan fingerprint density at radius 2 is 2.08 bits per heavy atom. The van der Waals surface area contributed by atoms with Gasteiger partial charge in [0.2, 0.25) is 0 Å². The summed E-state index contributed by atoms with van der Waals surface area (Å²) < 4.78 is 0.950. The van der Waals surface area contributed by atoms with E-state index in [1.165, 1.54) is 0 Å². The molecule has 0 aliphatic heterocycles. The maximum Gasteiger partial charge on any atom is 0.0705 e. The molecule has 0 amide bonds. The van der Waals surface area contributed by atoms with Crippen molar-refractivity contribution < 1.29 is 5.11 Å². The molecule has 1 aromatic rings. The van der Waals surface area contributed by atoms with Crippen molar-refractivity contribution in [3.8, 4) is 0 Å². The van der Waals surface area contributed by atoms with Crippen molar-refractivity contribution in [3.63, 3.8) is 0 Å². The predicted octanol–water partition coefficient (Wildman–Crippen LogP) is 2.14. The van der Waals surface area contributed by atoms with Gasteiger partial charge in [-0.05, 0) is 25.5 Å². The van der Waals surface area contributed by atoms with Crippen LogP contribution in [-0.4, -0.2) is 11.2 Å². The number of benzene rings is 1. The highest BCUT2D eigenvalue weighted by atomic mass is 79.9. The second-order valence-corrected chi connectivity index (χ2v) is 4.15. The summed E-state index contributed by atoms with van der Waals surface area (Å²) in [4.78, 5) is 0. The summed E-state index contributed by atoms with van der Waals surface area (Å²) in [6.07, 6.45) is -0.530. The fourth-order valence-electron chi connectivity index (χ4n) is 1.18. The lowest BCUT2D eigenvalue weighted by atomic mass is 10.0. The Morgan fingerprint density at radius 3 is 2.62 bits per heavy atom. The monoisotopic (exact) mass is 243 g/mol. The molecular formula is C10H14BrNO. The second kappa shape index (κ2) is 4.22. The molecule has 1 rings (SSSR count). The molecule has 0 aliphatic rings. The highest BCUT2D eigenvalue weighted by molar-refractivity contribution is 9.10. The van der Waals surface area contributed by atoms with Crippen LogP contribution in [0, 0.1) is 6.92 Å². The molecule has 2 nitrogen and oxygen atoms in total. The molecule has 13 heavy (non-hydrogen) atoms. The maximum atomic E-state index is 9.34. The lowest BCUT2D eigenvalue weighted by molar-refractivity contribution is 0.164. The zero-order chi connectivity index (χ0) is 10.0. The zero-order valence-corrected chi connectivity index (χ0v) is 9.38. The predicted molar refractivity (Wildman–Crippen MR) is 57.5 cm³/mol. The summed E-state index contributed by atoms with van der Waals surface area (Å²) in [7, 11) is 0. The highest BCUT2D eigenvalue weighted by Crippen LogP contribution is 2.24. The van der Waals surface area contributed by atoms with E-state index in [0.29, 0.717) is 0 Å². The van der Waals surface area contributed by atoms with Crippen molar-refractivity contribution in [1.82, 2.24) is 0 Å². The summed E-state index contributed by atoms with van der Waals surface area (Å²) in [5.41, 5.74) is 7.93. The first kappa shape index (κ1) is 10.7. The molecular weight excluding hydrogens is 230 g/mol. The number of aryl methyl sites for hydroxylation is 1. The van der Waals surface area contributed by atoms with Gasteiger partial charge in [0.15, 0.2) is 0 Å². The fraction of sp³-hybridized carbons (Fsp3) is 0.400. The molecule has 0 heterocycles. The van der Waals surface area contributed by atoms with Gasteiger partial charge >= 0.3 is 0 Å². The molecule has 0 bridgehead atoms. The second-order valence-electron chi connectivity index (χ2n) is 3.29. The lowest BCUT2D eigenvalue weighted by Crippen LogP contribution is -2.23. The van der Waals surface area contributed by atoms with Crippen molar-refractivity contribution in [3.05, 3.63) is 33.8 Å². The molecule has 0 saturated carbocycles. The molecule has 3 heteroatoms. The number of nitrogens with two attached hydrogens (primary N) is 1. The van der Waals surface area contributed by atoms with Crippen molar-refractivity contribution in [2.45, 2.75) is 26.0 Å². The standard InChI is InChI=1S/C10H14BrNO/c1-6-3-4-9(11)8(5-6)10(12)7(2)13/h3-5,7,10,13H,12H2,1-2H3/t7?,10-/m1/s1. The minimum atomic E-state index is -0.530. The van der Waals surface area contributed by atoms with E-state index < -0.39 is 6.10 Å². The third-order valence-electron chi connectivity index (χ3n) is 2.03. The Kier molecular flexibility index (Phi) is 3.47. The summed E-state index contributed by atoms with van der Waals surface area (Å²) in [6, 6.07) is 5.62. The minimum absolute atomic E-state index is 0.325. The van der Waals surface area contributed by atoms with Crippen molar-refractivity contribution >= 4 is 15.9 Å². The largest absolute Gasteiger partial charge is 0.391 e. The summed E-state index contributed by atoms with van der Waals surface area (Å²) in [5.74, 6) is 0. The average Bonchev–Trinajstić information content (AvgIpc) is 2.08. The Bertz CT molecular complexity index is 299. The number of hydrogen-bond acceptors (Lipinski definition) is 2. The zero-order valence-electron chi connectivity index (χ0n) is 7.79. The minimum Gasteiger partial charge on any atom is -0.391 e. The van der Waals surface area contributed by atoms with Gasteiger partial charge in [0.25, 0.3) is 0 Å². The smallest absolute Gasteiger partial charge is 0.0705 e. The SMILES string of the molecule is Cc1ccc(Br)c([C@H](N)C(C)O)c1. The Labute approximate surface area is 86.9 Å². The van der Waals surface area contributed by atoms with Crippen LogP contribution in [0.15, 0.2) is 22.7 Å². The van der Waals surface area contributed by atoms with Gasteiger partial charge in [0, 0.05) is 4.47 Å². The number of hydrogen-bond donors (Lipinski definition) is 2. The molecule has 0 fully saturated rings. The number of aliphatic hydroxyl groups is 1. The average molecular weight is 244 g/mol. The van der Waals surface area contributed by atoms with Crippen LogP contribution in [-0.2, 0) is 0 Å².